The number of carbonyl (C=O) groups is 1. The summed E-state index contributed by atoms with van der Waals surface area (Å²) in [5, 5.41) is 11.6. The van der Waals surface area contributed by atoms with Crippen molar-refractivity contribution in [3.8, 4) is 17.3 Å². The Morgan fingerprint density at radius 3 is 2.65 bits per heavy atom. The van der Waals surface area contributed by atoms with Gasteiger partial charge in [-0.25, -0.2) is 4.39 Å². The smallest absolute Gasteiger partial charge is 0.319 e. The van der Waals surface area contributed by atoms with E-state index in [0.717, 1.165) is 80.2 Å². The molecule has 1 spiro atoms. The summed E-state index contributed by atoms with van der Waals surface area (Å²) in [7, 11) is 0. The Morgan fingerprint density at radius 1 is 1.05 bits per heavy atom. The first-order chi connectivity index (χ1) is 20.8. The fraction of sp³-hybridized carbons (Fsp3) is 0.531. The number of H-pyrrole nitrogens is 1. The number of halogens is 1. The molecule has 0 radical (unpaired) electrons. The Bertz CT molecular complexity index is 1760. The van der Waals surface area contributed by atoms with E-state index < -0.39 is 5.82 Å². The number of amides is 1. The molecule has 4 saturated heterocycles. The number of aromatic nitrogens is 5. The van der Waals surface area contributed by atoms with E-state index in [-0.39, 0.29) is 34.1 Å². The molecule has 4 fully saturated rings. The number of hydrogen-bond acceptors (Lipinski definition) is 8. The maximum absolute atomic E-state index is 16.8. The molecule has 2 N–H and O–H groups in total. The number of aryl methyl sites for hydroxylation is 1. The van der Waals surface area contributed by atoms with Crippen molar-refractivity contribution in [1.29, 1.82) is 0 Å². The first-order valence-corrected chi connectivity index (χ1v) is 15.5. The second-order valence-corrected chi connectivity index (χ2v) is 13.2. The average Bonchev–Trinajstić information content (AvgIpc) is 3.78. The summed E-state index contributed by atoms with van der Waals surface area (Å²) in [6, 6.07) is 2.22. The highest BCUT2D eigenvalue weighted by Crippen LogP contribution is 2.42. The van der Waals surface area contributed by atoms with Crippen LogP contribution in [0.3, 0.4) is 0 Å². The monoisotopic (exact) mass is 584 g/mol. The van der Waals surface area contributed by atoms with Crippen molar-refractivity contribution in [2.45, 2.75) is 64.3 Å². The van der Waals surface area contributed by atoms with Crippen LogP contribution in [0.25, 0.3) is 33.1 Å². The zero-order valence-corrected chi connectivity index (χ0v) is 24.8. The third kappa shape index (κ3) is 4.26. The van der Waals surface area contributed by atoms with Gasteiger partial charge in [0.1, 0.15) is 23.6 Å². The molecule has 1 unspecified atom stereocenters. The van der Waals surface area contributed by atoms with E-state index in [4.69, 9.17) is 19.7 Å². The van der Waals surface area contributed by atoms with Crippen LogP contribution in [0.2, 0.25) is 0 Å². The van der Waals surface area contributed by atoms with E-state index in [2.05, 4.69) is 25.3 Å². The van der Waals surface area contributed by atoms with Gasteiger partial charge in [0.2, 0.25) is 5.91 Å². The Morgan fingerprint density at radius 2 is 1.86 bits per heavy atom. The number of rotatable bonds is 5. The molecule has 10 nitrogen and oxygen atoms in total. The minimum atomic E-state index is -0.492. The third-order valence-corrected chi connectivity index (χ3v) is 10.6. The van der Waals surface area contributed by atoms with E-state index in [1.165, 1.54) is 0 Å². The Kier molecular flexibility index (Phi) is 6.12. The number of pyridine rings is 1. The van der Waals surface area contributed by atoms with Crippen LogP contribution >= 0.6 is 0 Å². The minimum absolute atomic E-state index is 0.0110. The minimum Gasteiger partial charge on any atom is -0.461 e. The number of hydrogen-bond donors (Lipinski definition) is 2. The zero-order chi connectivity index (χ0) is 29.3. The van der Waals surface area contributed by atoms with Crippen LogP contribution in [0.4, 0.5) is 10.2 Å². The van der Waals surface area contributed by atoms with Gasteiger partial charge in [-0.3, -0.25) is 19.8 Å². The van der Waals surface area contributed by atoms with Crippen LogP contribution in [-0.2, 0) is 4.79 Å². The van der Waals surface area contributed by atoms with Crippen molar-refractivity contribution in [2.24, 2.45) is 5.41 Å². The van der Waals surface area contributed by atoms with Crippen molar-refractivity contribution >= 4 is 33.5 Å². The molecular weight excluding hydrogens is 547 g/mol. The number of benzene rings is 1. The van der Waals surface area contributed by atoms with Gasteiger partial charge in [0.05, 0.1) is 22.6 Å². The van der Waals surface area contributed by atoms with Crippen molar-refractivity contribution in [1.82, 2.24) is 35.4 Å². The van der Waals surface area contributed by atoms with E-state index in [1.54, 1.807) is 12.4 Å². The summed E-state index contributed by atoms with van der Waals surface area (Å²) in [6.45, 7) is 8.74. The molecule has 4 aromatic rings. The van der Waals surface area contributed by atoms with Gasteiger partial charge in [-0.2, -0.15) is 15.1 Å². The first-order valence-electron chi connectivity index (χ1n) is 15.5. The molecular formula is C32H37FN8O2. The summed E-state index contributed by atoms with van der Waals surface area (Å²) in [5.74, 6) is 0.220. The molecule has 1 aromatic carbocycles. The predicted octanol–water partition coefficient (Wildman–Crippen LogP) is 4.44. The van der Waals surface area contributed by atoms with E-state index in [0.29, 0.717) is 42.9 Å². The van der Waals surface area contributed by atoms with Gasteiger partial charge in [-0.05, 0) is 82.7 Å². The van der Waals surface area contributed by atoms with Crippen LogP contribution in [0.1, 0.15) is 56.1 Å². The molecule has 224 valence electrons. The Balaban J connectivity index is 1.25. The first kappa shape index (κ1) is 26.7. The van der Waals surface area contributed by atoms with Gasteiger partial charge in [0.25, 0.3) is 0 Å². The molecule has 4 aliphatic rings. The molecule has 43 heavy (non-hydrogen) atoms. The second kappa shape index (κ2) is 9.83. The summed E-state index contributed by atoms with van der Waals surface area (Å²) >= 11 is 0. The molecule has 0 bridgehead atoms. The number of anilines is 1. The topological polar surface area (TPSA) is 112 Å². The molecule has 8 rings (SSSR count). The molecule has 1 amide bonds. The molecule has 7 heterocycles. The van der Waals surface area contributed by atoms with Crippen LogP contribution in [0, 0.1) is 25.1 Å². The Hall–Kier alpha value is -3.86. The highest BCUT2D eigenvalue weighted by molar-refractivity contribution is 5.99. The maximum Gasteiger partial charge on any atom is 0.319 e. The molecule has 11 heteroatoms. The fourth-order valence-corrected chi connectivity index (χ4v) is 8.22. The standard InChI is InChI=1S/C32H37FN8O2/c1-19-12-23-21(15-36-39-23)25(20(19)2)28-26(33)27-22(14-34-28)29(40-9-3-6-31(17-40)13-24(42)35-16-31)38-30(37-27)43-18-32-7-4-10-41(32)11-5-8-32/h12,14-15H,3-11,13,16-18H2,1-2H3,(H,35,42)(H,36,39). The highest BCUT2D eigenvalue weighted by Gasteiger charge is 2.45. The predicted molar refractivity (Wildman–Crippen MR) is 162 cm³/mol. The second-order valence-electron chi connectivity index (χ2n) is 13.2. The average molecular weight is 585 g/mol. The number of nitrogens with one attached hydrogen (secondary N) is 2. The van der Waals surface area contributed by atoms with Gasteiger partial charge >= 0.3 is 6.01 Å². The van der Waals surface area contributed by atoms with Crippen molar-refractivity contribution in [3.05, 3.63) is 35.4 Å². The SMILES string of the molecule is Cc1cc2[nH]ncc2c(-c2ncc3c(N4CCCC5(CNC(=O)C5)C4)nc(OCC45CCCN4CCC5)nc3c2F)c1C. The Labute approximate surface area is 249 Å². The lowest BCUT2D eigenvalue weighted by Crippen LogP contribution is -2.45. The number of aromatic amines is 1. The molecule has 0 saturated carbocycles. The van der Waals surface area contributed by atoms with Crippen LogP contribution in [-0.4, -0.2) is 80.8 Å². The number of carbonyl (C=O) groups excluding carboxylic acids is 1. The number of fused-ring (bicyclic) bond motifs is 3. The lowest BCUT2D eigenvalue weighted by molar-refractivity contribution is -0.119. The van der Waals surface area contributed by atoms with E-state index in [9.17, 15) is 4.79 Å². The highest BCUT2D eigenvalue weighted by atomic mass is 19.1. The molecule has 3 aromatic heterocycles. The van der Waals surface area contributed by atoms with Gasteiger partial charge in [-0.15, -0.1) is 0 Å². The normalized spacial score (nSPS) is 23.5. The van der Waals surface area contributed by atoms with E-state index >= 15 is 4.39 Å². The summed E-state index contributed by atoms with van der Waals surface area (Å²) < 4.78 is 23.2. The lowest BCUT2D eigenvalue weighted by Gasteiger charge is -2.40. The van der Waals surface area contributed by atoms with Crippen LogP contribution in [0.5, 0.6) is 6.01 Å². The van der Waals surface area contributed by atoms with Crippen molar-refractivity contribution in [3.63, 3.8) is 0 Å². The zero-order valence-electron chi connectivity index (χ0n) is 24.8. The molecule has 4 aliphatic heterocycles. The van der Waals surface area contributed by atoms with Gasteiger partial charge < -0.3 is 15.0 Å². The van der Waals surface area contributed by atoms with Gasteiger partial charge in [-0.1, -0.05) is 0 Å². The summed E-state index contributed by atoms with van der Waals surface area (Å²) in [5.41, 5.74) is 3.82. The van der Waals surface area contributed by atoms with Crippen molar-refractivity contribution in [2.75, 3.05) is 44.2 Å². The quantitative estimate of drug-likeness (QED) is 0.354. The van der Waals surface area contributed by atoms with Crippen LogP contribution < -0.4 is 15.0 Å². The maximum atomic E-state index is 16.8. The summed E-state index contributed by atoms with van der Waals surface area (Å²) in [6.07, 6.45) is 10.3. The number of piperidine rings is 1. The molecule has 0 aliphatic carbocycles. The van der Waals surface area contributed by atoms with Gasteiger partial charge in [0.15, 0.2) is 5.82 Å². The lowest BCUT2D eigenvalue weighted by atomic mass is 9.79. The number of nitrogens with zero attached hydrogens (tertiary/aromatic N) is 6. The molecule has 1 atom stereocenters. The third-order valence-electron chi connectivity index (χ3n) is 10.6. The van der Waals surface area contributed by atoms with E-state index in [1.807, 2.05) is 19.9 Å². The summed E-state index contributed by atoms with van der Waals surface area (Å²) in [4.78, 5) is 31.3. The van der Waals surface area contributed by atoms with Gasteiger partial charge in [0, 0.05) is 48.6 Å². The van der Waals surface area contributed by atoms with Crippen LogP contribution in [0.15, 0.2) is 18.5 Å². The largest absolute Gasteiger partial charge is 0.461 e. The number of ether oxygens (including phenoxy) is 1. The van der Waals surface area contributed by atoms with Crippen molar-refractivity contribution < 1.29 is 13.9 Å². The fourth-order valence-electron chi connectivity index (χ4n) is 8.22.